The van der Waals surface area contributed by atoms with Gasteiger partial charge >= 0.3 is 0 Å². The SMILES string of the molecule is CC#CCC(CC1CC(OCC)C1)NCC. The lowest BCUT2D eigenvalue weighted by molar-refractivity contribution is -0.0288. The van der Waals surface area contributed by atoms with Crippen molar-refractivity contribution in [2.75, 3.05) is 13.2 Å². The Hall–Kier alpha value is -0.520. The summed E-state index contributed by atoms with van der Waals surface area (Å²) >= 11 is 0. The first-order chi connectivity index (χ1) is 7.80. The highest BCUT2D eigenvalue weighted by molar-refractivity contribution is 4.99. The van der Waals surface area contributed by atoms with Gasteiger partial charge in [0.05, 0.1) is 6.10 Å². The van der Waals surface area contributed by atoms with E-state index >= 15 is 0 Å². The summed E-state index contributed by atoms with van der Waals surface area (Å²) < 4.78 is 5.58. The van der Waals surface area contributed by atoms with E-state index in [0.29, 0.717) is 12.1 Å². The normalized spacial score (nSPS) is 25.4. The van der Waals surface area contributed by atoms with Gasteiger partial charge in [-0.3, -0.25) is 0 Å². The quantitative estimate of drug-likeness (QED) is 0.670. The molecule has 1 N–H and O–H groups in total. The summed E-state index contributed by atoms with van der Waals surface area (Å²) in [4.78, 5) is 0. The van der Waals surface area contributed by atoms with Crippen LogP contribution in [0.4, 0.5) is 0 Å². The second-order valence-corrected chi connectivity index (χ2v) is 4.54. The number of nitrogens with one attached hydrogen (secondary N) is 1. The van der Waals surface area contributed by atoms with Crippen molar-refractivity contribution in [2.24, 2.45) is 5.92 Å². The molecule has 1 aliphatic rings. The van der Waals surface area contributed by atoms with Gasteiger partial charge in [0, 0.05) is 19.1 Å². The van der Waals surface area contributed by atoms with Crippen molar-refractivity contribution in [1.29, 1.82) is 0 Å². The van der Waals surface area contributed by atoms with E-state index in [0.717, 1.165) is 25.5 Å². The van der Waals surface area contributed by atoms with Crippen molar-refractivity contribution in [2.45, 2.75) is 58.6 Å². The van der Waals surface area contributed by atoms with E-state index in [1.807, 2.05) is 6.92 Å². The first-order valence-electron chi connectivity index (χ1n) is 6.54. The largest absolute Gasteiger partial charge is 0.378 e. The average Bonchev–Trinajstić information content (AvgIpc) is 2.23. The molecule has 0 saturated heterocycles. The molecule has 0 heterocycles. The van der Waals surface area contributed by atoms with Crippen molar-refractivity contribution < 1.29 is 4.74 Å². The second kappa shape index (κ2) is 7.70. The van der Waals surface area contributed by atoms with Crippen molar-refractivity contribution in [3.63, 3.8) is 0 Å². The van der Waals surface area contributed by atoms with E-state index in [-0.39, 0.29) is 0 Å². The minimum Gasteiger partial charge on any atom is -0.378 e. The topological polar surface area (TPSA) is 21.3 Å². The molecule has 92 valence electrons. The summed E-state index contributed by atoms with van der Waals surface area (Å²) in [7, 11) is 0. The maximum Gasteiger partial charge on any atom is 0.0580 e. The summed E-state index contributed by atoms with van der Waals surface area (Å²) in [6.45, 7) is 8.05. The molecule has 0 radical (unpaired) electrons. The molecule has 1 aliphatic carbocycles. The molecular formula is C14H25NO. The lowest BCUT2D eigenvalue weighted by atomic mass is 9.78. The molecule has 0 amide bonds. The molecule has 1 atom stereocenters. The summed E-state index contributed by atoms with van der Waals surface area (Å²) in [6.07, 6.45) is 5.27. The Morgan fingerprint density at radius 2 is 2.12 bits per heavy atom. The van der Waals surface area contributed by atoms with E-state index in [1.54, 1.807) is 0 Å². The van der Waals surface area contributed by atoms with Crippen LogP contribution >= 0.6 is 0 Å². The highest BCUT2D eigenvalue weighted by atomic mass is 16.5. The van der Waals surface area contributed by atoms with Gasteiger partial charge in [-0.15, -0.1) is 11.8 Å². The van der Waals surface area contributed by atoms with Crippen molar-refractivity contribution in [3.05, 3.63) is 0 Å². The van der Waals surface area contributed by atoms with Gasteiger partial charge in [-0.25, -0.2) is 0 Å². The van der Waals surface area contributed by atoms with Gasteiger partial charge in [0.15, 0.2) is 0 Å². The standard InChI is InChI=1S/C14H25NO/c1-4-7-8-13(15-5-2)9-12-10-14(11-12)16-6-3/h12-15H,5-6,8-11H2,1-3H3. The van der Waals surface area contributed by atoms with Crippen LogP contribution in [0, 0.1) is 17.8 Å². The third-order valence-electron chi connectivity index (χ3n) is 3.23. The Labute approximate surface area is 100 Å². The predicted octanol–water partition coefficient (Wildman–Crippen LogP) is 2.58. The highest BCUT2D eigenvalue weighted by Gasteiger charge is 2.30. The third-order valence-corrected chi connectivity index (χ3v) is 3.23. The van der Waals surface area contributed by atoms with Gasteiger partial charge in [0.25, 0.3) is 0 Å². The molecule has 1 unspecified atom stereocenters. The van der Waals surface area contributed by atoms with Gasteiger partial charge in [-0.2, -0.15) is 0 Å². The van der Waals surface area contributed by atoms with E-state index in [4.69, 9.17) is 4.74 Å². The van der Waals surface area contributed by atoms with Crippen molar-refractivity contribution >= 4 is 0 Å². The van der Waals surface area contributed by atoms with Gasteiger partial charge in [-0.1, -0.05) is 6.92 Å². The molecule has 0 aromatic carbocycles. The summed E-state index contributed by atoms with van der Waals surface area (Å²) in [5.74, 6) is 7.01. The van der Waals surface area contributed by atoms with Crippen LogP contribution in [0.5, 0.6) is 0 Å². The minimum absolute atomic E-state index is 0.537. The lowest BCUT2D eigenvalue weighted by Crippen LogP contribution is -2.38. The minimum atomic E-state index is 0.537. The van der Waals surface area contributed by atoms with Crippen LogP contribution in [-0.2, 0) is 4.74 Å². The van der Waals surface area contributed by atoms with Gasteiger partial charge in [0.1, 0.15) is 0 Å². The van der Waals surface area contributed by atoms with Crippen LogP contribution in [0.25, 0.3) is 0 Å². The van der Waals surface area contributed by atoms with E-state index in [1.165, 1.54) is 19.3 Å². The van der Waals surface area contributed by atoms with Crippen molar-refractivity contribution in [3.8, 4) is 11.8 Å². The molecular weight excluding hydrogens is 198 g/mol. The molecule has 1 fully saturated rings. The molecule has 16 heavy (non-hydrogen) atoms. The Morgan fingerprint density at radius 3 is 2.69 bits per heavy atom. The van der Waals surface area contributed by atoms with Crippen LogP contribution in [0.1, 0.15) is 46.5 Å². The molecule has 0 spiro atoms. The van der Waals surface area contributed by atoms with Gasteiger partial charge < -0.3 is 10.1 Å². The van der Waals surface area contributed by atoms with Crippen LogP contribution < -0.4 is 5.32 Å². The van der Waals surface area contributed by atoms with Crippen LogP contribution in [-0.4, -0.2) is 25.3 Å². The first-order valence-corrected chi connectivity index (χ1v) is 6.54. The average molecular weight is 223 g/mol. The Morgan fingerprint density at radius 1 is 1.38 bits per heavy atom. The summed E-state index contributed by atoms with van der Waals surface area (Å²) in [6, 6.07) is 0.574. The van der Waals surface area contributed by atoms with E-state index < -0.39 is 0 Å². The monoisotopic (exact) mass is 223 g/mol. The summed E-state index contributed by atoms with van der Waals surface area (Å²) in [5, 5.41) is 3.52. The van der Waals surface area contributed by atoms with Gasteiger partial charge in [-0.05, 0) is 45.6 Å². The molecule has 0 aromatic rings. The fraction of sp³-hybridized carbons (Fsp3) is 0.857. The van der Waals surface area contributed by atoms with Crippen LogP contribution in [0.2, 0.25) is 0 Å². The fourth-order valence-corrected chi connectivity index (χ4v) is 2.39. The third kappa shape index (κ3) is 4.55. The molecule has 1 rings (SSSR count). The Balaban J connectivity index is 2.19. The summed E-state index contributed by atoms with van der Waals surface area (Å²) in [5.41, 5.74) is 0. The molecule has 2 heteroatoms. The number of hydrogen-bond acceptors (Lipinski definition) is 2. The van der Waals surface area contributed by atoms with Crippen molar-refractivity contribution in [1.82, 2.24) is 5.32 Å². The molecule has 0 aromatic heterocycles. The molecule has 1 saturated carbocycles. The zero-order chi connectivity index (χ0) is 11.8. The number of rotatable bonds is 7. The zero-order valence-electron chi connectivity index (χ0n) is 10.9. The van der Waals surface area contributed by atoms with E-state index in [9.17, 15) is 0 Å². The maximum absolute atomic E-state index is 5.58. The van der Waals surface area contributed by atoms with Gasteiger partial charge in [0.2, 0.25) is 0 Å². The molecule has 0 aliphatic heterocycles. The maximum atomic E-state index is 5.58. The highest BCUT2D eigenvalue weighted by Crippen LogP contribution is 2.33. The van der Waals surface area contributed by atoms with Crippen LogP contribution in [0.3, 0.4) is 0 Å². The van der Waals surface area contributed by atoms with Crippen LogP contribution in [0.15, 0.2) is 0 Å². The zero-order valence-corrected chi connectivity index (χ0v) is 10.9. The molecule has 0 bridgehead atoms. The first kappa shape index (κ1) is 13.5. The second-order valence-electron chi connectivity index (χ2n) is 4.54. The lowest BCUT2D eigenvalue weighted by Gasteiger charge is -2.36. The fourth-order valence-electron chi connectivity index (χ4n) is 2.39. The predicted molar refractivity (Wildman–Crippen MR) is 68.3 cm³/mol. The molecule has 2 nitrogen and oxygen atoms in total. The number of hydrogen-bond donors (Lipinski definition) is 1. The Bertz CT molecular complexity index is 235. The van der Waals surface area contributed by atoms with E-state index in [2.05, 4.69) is 31.0 Å². The number of ether oxygens (including phenoxy) is 1. The Kier molecular flexibility index (Phi) is 6.52. The smallest absolute Gasteiger partial charge is 0.0580 e.